The Morgan fingerprint density at radius 2 is 1.65 bits per heavy atom. The van der Waals surface area contributed by atoms with Gasteiger partial charge in [-0.1, -0.05) is 31.5 Å². The summed E-state index contributed by atoms with van der Waals surface area (Å²) in [6, 6.07) is 7.16. The molecule has 1 aromatic rings. The first kappa shape index (κ1) is 18.5. The molecule has 1 saturated heterocycles. The molecule has 0 radical (unpaired) electrons. The highest BCUT2D eigenvalue weighted by Gasteiger charge is 2.65. The molecular weight excluding hydrogens is 344 g/mol. The van der Waals surface area contributed by atoms with Gasteiger partial charge in [0.05, 0.1) is 4.90 Å². The van der Waals surface area contributed by atoms with Gasteiger partial charge >= 0.3 is 0 Å². The van der Waals surface area contributed by atoms with Gasteiger partial charge in [0.15, 0.2) is 0 Å². The lowest BCUT2D eigenvalue weighted by molar-refractivity contribution is 0.0587. The van der Waals surface area contributed by atoms with Crippen LogP contribution in [-0.2, 0) is 10.0 Å². The fraction of sp³-hybridized carbons (Fsp3) is 0.714. The highest BCUT2D eigenvalue weighted by Crippen LogP contribution is 2.67. The van der Waals surface area contributed by atoms with Gasteiger partial charge in [0, 0.05) is 11.6 Å². The van der Waals surface area contributed by atoms with Crippen molar-refractivity contribution in [2.24, 2.45) is 17.3 Å². The topological polar surface area (TPSA) is 49.4 Å². The Kier molecular flexibility index (Phi) is 4.29. The third kappa shape index (κ3) is 2.92. The lowest BCUT2D eigenvalue weighted by Crippen LogP contribution is -2.61. The van der Waals surface area contributed by atoms with Gasteiger partial charge in [0.2, 0.25) is 10.0 Å². The molecule has 0 aromatic heterocycles. The summed E-state index contributed by atoms with van der Waals surface area (Å²) in [6.07, 6.45) is 4.51. The third-order valence-corrected chi connectivity index (χ3v) is 9.11. The standard InChI is InChI=1S/C21H32N2O2S/c1-15-7-9-16(10-8-15)26(24,25)22-19-13-17-18(20(17,2)3)14-21(19,4)23-11-5-6-12-23/h7-10,17-19,22H,5-6,11-14H2,1-4H3/t17-,18+,19+,21+/m1/s1. The van der Waals surface area contributed by atoms with Crippen molar-refractivity contribution < 1.29 is 8.42 Å². The predicted octanol–water partition coefficient (Wildman–Crippen LogP) is 3.56. The minimum Gasteiger partial charge on any atom is -0.296 e. The molecule has 1 aromatic carbocycles. The minimum atomic E-state index is -3.50. The predicted molar refractivity (Wildman–Crippen MR) is 104 cm³/mol. The van der Waals surface area contributed by atoms with Crippen LogP contribution in [-0.4, -0.2) is 38.0 Å². The number of sulfonamides is 1. The molecule has 4 rings (SSSR count). The Bertz CT molecular complexity index is 781. The van der Waals surface area contributed by atoms with Gasteiger partial charge in [-0.15, -0.1) is 0 Å². The average molecular weight is 377 g/mol. The Balaban J connectivity index is 1.62. The van der Waals surface area contributed by atoms with Crippen LogP contribution in [0.1, 0.15) is 52.0 Å². The number of hydrogen-bond donors (Lipinski definition) is 1. The summed E-state index contributed by atoms with van der Waals surface area (Å²) in [7, 11) is -3.50. The molecule has 0 bridgehead atoms. The quantitative estimate of drug-likeness (QED) is 0.874. The highest BCUT2D eigenvalue weighted by atomic mass is 32.2. The van der Waals surface area contributed by atoms with Crippen molar-refractivity contribution in [2.45, 2.75) is 69.9 Å². The summed E-state index contributed by atoms with van der Waals surface area (Å²) < 4.78 is 29.3. The van der Waals surface area contributed by atoms with E-state index in [1.54, 1.807) is 12.1 Å². The van der Waals surface area contributed by atoms with Gasteiger partial charge in [-0.25, -0.2) is 13.1 Å². The van der Waals surface area contributed by atoms with E-state index in [0.29, 0.717) is 16.2 Å². The van der Waals surface area contributed by atoms with Gasteiger partial charge in [0.25, 0.3) is 0 Å². The van der Waals surface area contributed by atoms with Gasteiger partial charge in [0.1, 0.15) is 0 Å². The molecule has 3 aliphatic rings. The molecule has 0 unspecified atom stereocenters. The van der Waals surface area contributed by atoms with E-state index in [1.807, 2.05) is 19.1 Å². The number of rotatable bonds is 4. The Hall–Kier alpha value is -0.910. The maximum Gasteiger partial charge on any atom is 0.240 e. The van der Waals surface area contributed by atoms with E-state index in [4.69, 9.17) is 0 Å². The zero-order chi connectivity index (χ0) is 18.7. The molecule has 0 spiro atoms. The van der Waals surface area contributed by atoms with Crippen molar-refractivity contribution in [3.05, 3.63) is 29.8 Å². The first-order valence-corrected chi connectivity index (χ1v) is 11.5. The van der Waals surface area contributed by atoms with Crippen LogP contribution in [0.5, 0.6) is 0 Å². The molecule has 5 heteroatoms. The maximum atomic E-state index is 13.1. The number of benzene rings is 1. The summed E-state index contributed by atoms with van der Waals surface area (Å²) in [5.74, 6) is 1.37. The maximum absolute atomic E-state index is 13.1. The molecule has 1 heterocycles. The molecule has 4 atom stereocenters. The number of hydrogen-bond acceptors (Lipinski definition) is 3. The van der Waals surface area contributed by atoms with E-state index >= 15 is 0 Å². The van der Waals surface area contributed by atoms with Crippen LogP contribution in [0, 0.1) is 24.2 Å². The third-order valence-electron chi connectivity index (χ3n) is 7.62. The van der Waals surface area contributed by atoms with E-state index in [-0.39, 0.29) is 11.6 Å². The number of nitrogens with one attached hydrogen (secondary N) is 1. The Labute approximate surface area is 158 Å². The highest BCUT2D eigenvalue weighted by molar-refractivity contribution is 7.89. The minimum absolute atomic E-state index is 0.0186. The van der Waals surface area contributed by atoms with Crippen LogP contribution in [0.3, 0.4) is 0 Å². The van der Waals surface area contributed by atoms with Crippen LogP contribution in [0.2, 0.25) is 0 Å². The van der Waals surface area contributed by atoms with Crippen LogP contribution >= 0.6 is 0 Å². The van der Waals surface area contributed by atoms with Crippen LogP contribution in [0.4, 0.5) is 0 Å². The molecule has 1 N–H and O–H groups in total. The van der Waals surface area contributed by atoms with Crippen LogP contribution < -0.4 is 4.72 Å². The van der Waals surface area contributed by atoms with Crippen LogP contribution in [0.25, 0.3) is 0 Å². The molecule has 3 fully saturated rings. The van der Waals surface area contributed by atoms with Crippen molar-refractivity contribution >= 4 is 10.0 Å². The molecule has 2 aliphatic carbocycles. The van der Waals surface area contributed by atoms with E-state index in [0.717, 1.165) is 37.4 Å². The number of aryl methyl sites for hydroxylation is 1. The van der Waals surface area contributed by atoms with E-state index < -0.39 is 10.0 Å². The molecule has 4 nitrogen and oxygen atoms in total. The molecule has 1 aliphatic heterocycles. The second kappa shape index (κ2) is 6.05. The van der Waals surface area contributed by atoms with Crippen molar-refractivity contribution in [3.8, 4) is 0 Å². The van der Waals surface area contributed by atoms with Gasteiger partial charge < -0.3 is 0 Å². The molecule has 26 heavy (non-hydrogen) atoms. The Morgan fingerprint density at radius 1 is 1.04 bits per heavy atom. The second-order valence-electron chi connectivity index (χ2n) is 9.51. The van der Waals surface area contributed by atoms with Crippen molar-refractivity contribution in [2.75, 3.05) is 13.1 Å². The number of nitrogens with zero attached hydrogens (tertiary/aromatic N) is 1. The lowest BCUT2D eigenvalue weighted by Gasteiger charge is -2.47. The van der Waals surface area contributed by atoms with Crippen molar-refractivity contribution in [1.29, 1.82) is 0 Å². The van der Waals surface area contributed by atoms with Gasteiger partial charge in [-0.3, -0.25) is 4.90 Å². The normalized spacial score (nSPS) is 36.7. The zero-order valence-corrected chi connectivity index (χ0v) is 17.3. The number of fused-ring (bicyclic) bond motifs is 1. The molecular formula is C21H32N2O2S. The first-order valence-electron chi connectivity index (χ1n) is 9.99. The van der Waals surface area contributed by atoms with E-state index in [9.17, 15) is 8.42 Å². The smallest absolute Gasteiger partial charge is 0.240 e. The molecule has 2 saturated carbocycles. The summed E-state index contributed by atoms with van der Waals surface area (Å²) in [4.78, 5) is 2.93. The summed E-state index contributed by atoms with van der Waals surface area (Å²) in [5, 5.41) is 0. The zero-order valence-electron chi connectivity index (χ0n) is 16.5. The van der Waals surface area contributed by atoms with Gasteiger partial charge in [-0.05, 0) is 82.0 Å². The van der Waals surface area contributed by atoms with Crippen molar-refractivity contribution in [3.63, 3.8) is 0 Å². The van der Waals surface area contributed by atoms with E-state index in [2.05, 4.69) is 30.4 Å². The largest absolute Gasteiger partial charge is 0.296 e. The SMILES string of the molecule is Cc1ccc(S(=O)(=O)N[C@H]2C[C@@H]3[C@H](C[C@]2(C)N2CCCC2)C3(C)C)cc1. The van der Waals surface area contributed by atoms with Crippen LogP contribution in [0.15, 0.2) is 29.2 Å². The fourth-order valence-corrected chi connectivity index (χ4v) is 6.91. The first-order chi connectivity index (χ1) is 12.1. The molecule has 144 valence electrons. The summed E-state index contributed by atoms with van der Waals surface area (Å²) in [6.45, 7) is 11.2. The fourth-order valence-electron chi connectivity index (χ4n) is 5.55. The Morgan fingerprint density at radius 3 is 2.27 bits per heavy atom. The monoisotopic (exact) mass is 376 g/mol. The summed E-state index contributed by atoms with van der Waals surface area (Å²) in [5.41, 5.74) is 1.35. The van der Waals surface area contributed by atoms with E-state index in [1.165, 1.54) is 12.8 Å². The number of likely N-dealkylation sites (tertiary alicyclic amines) is 1. The average Bonchev–Trinajstić information content (AvgIpc) is 2.98. The summed E-state index contributed by atoms with van der Waals surface area (Å²) >= 11 is 0. The van der Waals surface area contributed by atoms with Crippen molar-refractivity contribution in [1.82, 2.24) is 9.62 Å². The lowest BCUT2D eigenvalue weighted by atomic mass is 9.78. The second-order valence-corrected chi connectivity index (χ2v) is 11.2. The molecule has 0 amide bonds. The van der Waals surface area contributed by atoms with Gasteiger partial charge in [-0.2, -0.15) is 0 Å².